The molecule has 0 bridgehead atoms. The van der Waals surface area contributed by atoms with Crippen LogP contribution < -0.4 is 0 Å². The number of hydrogen-bond acceptors (Lipinski definition) is 0. The first kappa shape index (κ1) is 17.1. The van der Waals surface area contributed by atoms with Crippen molar-refractivity contribution in [2.24, 2.45) is 28.6 Å². The quantitative estimate of drug-likeness (QED) is 0.477. The van der Waals surface area contributed by atoms with Crippen LogP contribution in [-0.2, 0) is 0 Å². The zero-order valence-electron chi connectivity index (χ0n) is 16.0. The molecule has 0 N–H and O–H groups in total. The Labute approximate surface area is 144 Å². The molecule has 5 unspecified atom stereocenters. The third-order valence-corrected chi connectivity index (χ3v) is 7.99. The number of rotatable bonds is 2. The summed E-state index contributed by atoms with van der Waals surface area (Å²) >= 11 is 0. The van der Waals surface area contributed by atoms with Crippen molar-refractivity contribution in [2.45, 2.75) is 79.6 Å². The van der Waals surface area contributed by atoms with Crippen LogP contribution in [0.5, 0.6) is 0 Å². The first-order valence-electron chi connectivity index (χ1n) is 9.93. The molecule has 0 radical (unpaired) electrons. The third kappa shape index (κ3) is 2.31. The fourth-order valence-corrected chi connectivity index (χ4v) is 7.01. The minimum Gasteiger partial charge on any atom is -0.0955 e. The highest BCUT2D eigenvalue weighted by atomic mass is 14.6. The molecule has 0 aromatic heterocycles. The molecule has 0 heterocycles. The molecule has 0 saturated heterocycles. The fraction of sp³-hybridized carbons (Fsp3) is 0.739. The molecule has 0 aromatic carbocycles. The van der Waals surface area contributed by atoms with Gasteiger partial charge in [0.25, 0.3) is 0 Å². The van der Waals surface area contributed by atoms with Gasteiger partial charge in [0.1, 0.15) is 0 Å². The molecule has 3 saturated carbocycles. The van der Waals surface area contributed by atoms with E-state index in [4.69, 9.17) is 0 Å². The first-order valence-corrected chi connectivity index (χ1v) is 9.93. The van der Waals surface area contributed by atoms with Gasteiger partial charge in [-0.2, -0.15) is 0 Å². The van der Waals surface area contributed by atoms with Crippen LogP contribution in [0.15, 0.2) is 35.5 Å². The van der Waals surface area contributed by atoms with Gasteiger partial charge in [0.2, 0.25) is 0 Å². The second-order valence-electron chi connectivity index (χ2n) is 8.86. The van der Waals surface area contributed by atoms with Crippen LogP contribution in [-0.4, -0.2) is 0 Å². The molecule has 0 aliphatic heterocycles. The highest BCUT2D eigenvalue weighted by Crippen LogP contribution is 2.66. The van der Waals surface area contributed by atoms with Crippen molar-refractivity contribution >= 4 is 0 Å². The van der Waals surface area contributed by atoms with E-state index in [1.807, 2.05) is 0 Å². The summed E-state index contributed by atoms with van der Waals surface area (Å²) in [7, 11) is 0. The minimum absolute atomic E-state index is 0.410. The van der Waals surface area contributed by atoms with E-state index in [1.54, 1.807) is 11.1 Å². The van der Waals surface area contributed by atoms with Crippen LogP contribution in [0.2, 0.25) is 0 Å². The molecule has 0 nitrogen and oxygen atoms in total. The first-order chi connectivity index (χ1) is 10.9. The molecule has 5 atom stereocenters. The third-order valence-electron chi connectivity index (χ3n) is 7.99. The predicted octanol–water partition coefficient (Wildman–Crippen LogP) is 7.09. The molecule has 128 valence electrons. The molecular formula is C23H36. The smallest absolute Gasteiger partial charge is 0.00418 e. The van der Waals surface area contributed by atoms with Crippen LogP contribution >= 0.6 is 0 Å². The van der Waals surface area contributed by atoms with Gasteiger partial charge in [0.05, 0.1) is 0 Å². The van der Waals surface area contributed by atoms with Gasteiger partial charge in [-0.1, -0.05) is 57.1 Å². The normalized spacial score (nSPS) is 47.0. The standard InChI is InChI=1S/C23H36/c1-7-13-22(5)17(8-2)10-11-18-20(22)12-14-23(6)19(9-3)16(4)15-21(18)23/h8-9,18,20-21H,4,7,10-15H2,1-3,5-6H3/b17-8-,19-9+. The van der Waals surface area contributed by atoms with Crippen LogP contribution in [0.3, 0.4) is 0 Å². The van der Waals surface area contributed by atoms with Gasteiger partial charge in [0, 0.05) is 0 Å². The van der Waals surface area contributed by atoms with Crippen molar-refractivity contribution in [3.05, 3.63) is 35.5 Å². The summed E-state index contributed by atoms with van der Waals surface area (Å²) in [5.41, 5.74) is 5.65. The van der Waals surface area contributed by atoms with Crippen molar-refractivity contribution in [1.29, 1.82) is 0 Å². The summed E-state index contributed by atoms with van der Waals surface area (Å²) in [5, 5.41) is 0. The second-order valence-corrected chi connectivity index (χ2v) is 8.86. The number of allylic oxidation sites excluding steroid dienone is 5. The maximum absolute atomic E-state index is 4.44. The van der Waals surface area contributed by atoms with E-state index < -0.39 is 0 Å². The van der Waals surface area contributed by atoms with E-state index in [0.717, 1.165) is 17.8 Å². The largest absolute Gasteiger partial charge is 0.0955 e. The number of fused-ring (bicyclic) bond motifs is 3. The Balaban J connectivity index is 1.98. The molecule has 0 aromatic rings. The van der Waals surface area contributed by atoms with E-state index in [-0.39, 0.29) is 0 Å². The van der Waals surface area contributed by atoms with Crippen molar-refractivity contribution in [3.63, 3.8) is 0 Å². The molecule has 3 aliphatic rings. The zero-order chi connectivity index (χ0) is 16.8. The molecule has 0 amide bonds. The molecule has 3 fully saturated rings. The summed E-state index contributed by atoms with van der Waals surface area (Å²) in [6, 6.07) is 0. The molecule has 3 rings (SSSR count). The zero-order valence-corrected chi connectivity index (χ0v) is 16.0. The Morgan fingerprint density at radius 2 is 1.87 bits per heavy atom. The summed E-state index contributed by atoms with van der Waals surface area (Å²) in [6.07, 6.45) is 14.3. The van der Waals surface area contributed by atoms with Crippen molar-refractivity contribution in [3.8, 4) is 0 Å². The lowest BCUT2D eigenvalue weighted by molar-refractivity contribution is -0.0225. The Morgan fingerprint density at radius 3 is 2.48 bits per heavy atom. The minimum atomic E-state index is 0.410. The summed E-state index contributed by atoms with van der Waals surface area (Å²) in [6.45, 7) is 16.4. The Kier molecular flexibility index (Phi) is 4.40. The molecule has 0 heteroatoms. The summed E-state index contributed by atoms with van der Waals surface area (Å²) in [4.78, 5) is 0. The van der Waals surface area contributed by atoms with Crippen molar-refractivity contribution < 1.29 is 0 Å². The Morgan fingerprint density at radius 1 is 1.13 bits per heavy atom. The summed E-state index contributed by atoms with van der Waals surface area (Å²) < 4.78 is 0. The van der Waals surface area contributed by atoms with Gasteiger partial charge in [0.15, 0.2) is 0 Å². The molecule has 3 aliphatic carbocycles. The fourth-order valence-electron chi connectivity index (χ4n) is 7.01. The van der Waals surface area contributed by atoms with E-state index in [0.29, 0.717) is 10.8 Å². The Bertz CT molecular complexity index is 548. The van der Waals surface area contributed by atoms with E-state index in [9.17, 15) is 0 Å². The topological polar surface area (TPSA) is 0 Å². The highest BCUT2D eigenvalue weighted by Gasteiger charge is 2.57. The van der Waals surface area contributed by atoms with E-state index in [1.165, 1.54) is 50.5 Å². The van der Waals surface area contributed by atoms with E-state index >= 15 is 0 Å². The van der Waals surface area contributed by atoms with Crippen molar-refractivity contribution in [2.75, 3.05) is 0 Å². The van der Waals surface area contributed by atoms with Gasteiger partial charge in [-0.05, 0) is 86.5 Å². The number of hydrogen-bond donors (Lipinski definition) is 0. The van der Waals surface area contributed by atoms with Gasteiger partial charge in [-0.25, -0.2) is 0 Å². The Hall–Kier alpha value is -0.780. The average Bonchev–Trinajstić information content (AvgIpc) is 2.77. The van der Waals surface area contributed by atoms with Crippen LogP contribution in [0.4, 0.5) is 0 Å². The van der Waals surface area contributed by atoms with E-state index in [2.05, 4.69) is 53.3 Å². The molecule has 23 heavy (non-hydrogen) atoms. The lowest BCUT2D eigenvalue weighted by Crippen LogP contribution is -2.48. The summed E-state index contributed by atoms with van der Waals surface area (Å²) in [5.74, 6) is 2.64. The average molecular weight is 313 g/mol. The highest BCUT2D eigenvalue weighted by molar-refractivity contribution is 5.42. The maximum atomic E-state index is 4.44. The van der Waals surface area contributed by atoms with Gasteiger partial charge in [-0.15, -0.1) is 0 Å². The SMILES string of the molecule is C=C1CC2C3CC/C(=C/C)C(C)(CCC)C3CCC2(C)/C1=C/C. The van der Waals surface area contributed by atoms with Crippen molar-refractivity contribution in [1.82, 2.24) is 0 Å². The van der Waals surface area contributed by atoms with Crippen LogP contribution in [0.1, 0.15) is 79.6 Å². The molecule has 0 spiro atoms. The van der Waals surface area contributed by atoms with Crippen LogP contribution in [0, 0.1) is 28.6 Å². The predicted molar refractivity (Wildman–Crippen MR) is 101 cm³/mol. The maximum Gasteiger partial charge on any atom is -0.00418 e. The van der Waals surface area contributed by atoms with Gasteiger partial charge < -0.3 is 0 Å². The van der Waals surface area contributed by atoms with Crippen LogP contribution in [0.25, 0.3) is 0 Å². The lowest BCUT2D eigenvalue weighted by atomic mass is 9.48. The molecular weight excluding hydrogens is 276 g/mol. The van der Waals surface area contributed by atoms with Gasteiger partial charge >= 0.3 is 0 Å². The van der Waals surface area contributed by atoms with Gasteiger partial charge in [-0.3, -0.25) is 0 Å². The second kappa shape index (κ2) is 5.94. The lowest BCUT2D eigenvalue weighted by Gasteiger charge is -2.56. The monoisotopic (exact) mass is 312 g/mol.